The molecule has 0 aliphatic heterocycles. The third-order valence-electron chi connectivity index (χ3n) is 2.00. The molecule has 0 aliphatic carbocycles. The van der Waals surface area contributed by atoms with E-state index in [9.17, 15) is 0 Å². The molecule has 0 saturated heterocycles. The molecule has 0 bridgehead atoms. The summed E-state index contributed by atoms with van der Waals surface area (Å²) in [5.74, 6) is 0. The lowest BCUT2D eigenvalue weighted by Gasteiger charge is -1.92. The van der Waals surface area contributed by atoms with Crippen molar-refractivity contribution in [1.29, 1.82) is 0 Å². The molecule has 4 heteroatoms. The fourth-order valence-electron chi connectivity index (χ4n) is 1.40. The van der Waals surface area contributed by atoms with E-state index in [2.05, 4.69) is 21.5 Å². The number of imidazole rings is 1. The van der Waals surface area contributed by atoms with E-state index in [1.807, 2.05) is 29.0 Å². The summed E-state index contributed by atoms with van der Waals surface area (Å²) in [7, 11) is 0. The lowest BCUT2D eigenvalue weighted by Crippen LogP contribution is -1.84. The van der Waals surface area contributed by atoms with Gasteiger partial charge in [0.1, 0.15) is 5.69 Å². The molecule has 13 heavy (non-hydrogen) atoms. The monoisotopic (exact) mass is 189 g/mol. The van der Waals surface area contributed by atoms with Crippen LogP contribution in [0.5, 0.6) is 0 Å². The Labute approximate surface area is 78.6 Å². The number of thiophene rings is 1. The van der Waals surface area contributed by atoms with Crippen LogP contribution in [0.25, 0.3) is 16.2 Å². The van der Waals surface area contributed by atoms with Gasteiger partial charge in [-0.2, -0.15) is 0 Å². The molecule has 3 heterocycles. The number of nitrogens with one attached hydrogen (secondary N) is 1. The highest BCUT2D eigenvalue weighted by molar-refractivity contribution is 7.13. The number of hydrogen-bond donors (Lipinski definition) is 1. The van der Waals surface area contributed by atoms with Crippen LogP contribution in [-0.4, -0.2) is 14.6 Å². The van der Waals surface area contributed by atoms with E-state index in [0.29, 0.717) is 0 Å². The fraction of sp³-hybridized carbons (Fsp3) is 0. The predicted molar refractivity (Wildman–Crippen MR) is 52.9 cm³/mol. The van der Waals surface area contributed by atoms with Crippen LogP contribution in [0, 0.1) is 0 Å². The van der Waals surface area contributed by atoms with Gasteiger partial charge in [0, 0.05) is 12.3 Å². The van der Waals surface area contributed by atoms with E-state index in [4.69, 9.17) is 0 Å². The van der Waals surface area contributed by atoms with Crippen molar-refractivity contribution in [3.63, 3.8) is 0 Å². The molecule has 0 aliphatic rings. The molecule has 0 atom stereocenters. The molecule has 3 aromatic rings. The van der Waals surface area contributed by atoms with Crippen molar-refractivity contribution < 1.29 is 0 Å². The van der Waals surface area contributed by atoms with Gasteiger partial charge in [-0.3, -0.25) is 5.10 Å². The minimum Gasteiger partial charge on any atom is -0.299 e. The maximum Gasteiger partial charge on any atom is 0.153 e. The number of rotatable bonds is 1. The maximum atomic E-state index is 4.27. The second-order valence-corrected chi connectivity index (χ2v) is 3.72. The van der Waals surface area contributed by atoms with Gasteiger partial charge in [0.25, 0.3) is 0 Å². The van der Waals surface area contributed by atoms with Crippen LogP contribution in [0.15, 0.2) is 36.0 Å². The largest absolute Gasteiger partial charge is 0.299 e. The molecule has 3 aromatic heterocycles. The van der Waals surface area contributed by atoms with Gasteiger partial charge in [0.2, 0.25) is 0 Å². The quantitative estimate of drug-likeness (QED) is 0.626. The van der Waals surface area contributed by atoms with Gasteiger partial charge < -0.3 is 0 Å². The standard InChI is InChI=1S/C9H7N3S/c1-2-8(13-5-1)7-6-10-9-3-4-11-12(7)9/h1-6,11H. The number of aromatic amines is 1. The highest BCUT2D eigenvalue weighted by Gasteiger charge is 2.05. The van der Waals surface area contributed by atoms with E-state index in [1.54, 1.807) is 11.3 Å². The Bertz CT molecular complexity index is 518. The Balaban J connectivity index is 2.33. The molecule has 0 aromatic carbocycles. The second-order valence-electron chi connectivity index (χ2n) is 2.78. The smallest absolute Gasteiger partial charge is 0.153 e. The van der Waals surface area contributed by atoms with E-state index < -0.39 is 0 Å². The van der Waals surface area contributed by atoms with Crippen molar-refractivity contribution in [3.8, 4) is 10.6 Å². The molecule has 0 saturated carbocycles. The molecule has 1 N–H and O–H groups in total. The van der Waals surface area contributed by atoms with Crippen LogP contribution in [0.4, 0.5) is 0 Å². The Morgan fingerprint density at radius 3 is 3.23 bits per heavy atom. The van der Waals surface area contributed by atoms with Crippen molar-refractivity contribution >= 4 is 17.0 Å². The number of H-pyrrole nitrogens is 1. The van der Waals surface area contributed by atoms with Crippen LogP contribution >= 0.6 is 11.3 Å². The third-order valence-corrected chi connectivity index (χ3v) is 2.89. The number of hydrogen-bond acceptors (Lipinski definition) is 2. The first-order valence-electron chi connectivity index (χ1n) is 4.00. The second kappa shape index (κ2) is 2.47. The summed E-state index contributed by atoms with van der Waals surface area (Å²) >= 11 is 1.72. The van der Waals surface area contributed by atoms with E-state index >= 15 is 0 Å². The van der Waals surface area contributed by atoms with Crippen LogP contribution in [0.2, 0.25) is 0 Å². The minimum atomic E-state index is 0.961. The molecule has 0 radical (unpaired) electrons. The van der Waals surface area contributed by atoms with Crippen molar-refractivity contribution in [2.75, 3.05) is 0 Å². The van der Waals surface area contributed by atoms with Crippen LogP contribution < -0.4 is 0 Å². The Hall–Kier alpha value is -1.55. The van der Waals surface area contributed by atoms with Crippen LogP contribution in [0.1, 0.15) is 0 Å². The highest BCUT2D eigenvalue weighted by Crippen LogP contribution is 2.24. The molecule has 64 valence electrons. The van der Waals surface area contributed by atoms with Crippen molar-refractivity contribution in [2.45, 2.75) is 0 Å². The number of nitrogens with zero attached hydrogens (tertiary/aromatic N) is 2. The Morgan fingerprint density at radius 1 is 1.38 bits per heavy atom. The van der Waals surface area contributed by atoms with Crippen LogP contribution in [-0.2, 0) is 0 Å². The van der Waals surface area contributed by atoms with Crippen molar-refractivity contribution in [3.05, 3.63) is 36.0 Å². The maximum absolute atomic E-state index is 4.27. The fourth-order valence-corrected chi connectivity index (χ4v) is 2.13. The summed E-state index contributed by atoms with van der Waals surface area (Å²) in [6, 6.07) is 6.09. The first-order chi connectivity index (χ1) is 6.45. The van der Waals surface area contributed by atoms with Crippen molar-refractivity contribution in [1.82, 2.24) is 14.6 Å². The first-order valence-corrected chi connectivity index (χ1v) is 4.88. The van der Waals surface area contributed by atoms with Gasteiger partial charge in [-0.15, -0.1) is 11.3 Å². The van der Waals surface area contributed by atoms with Gasteiger partial charge in [-0.05, 0) is 11.4 Å². The molecule has 0 amide bonds. The minimum absolute atomic E-state index is 0.961. The van der Waals surface area contributed by atoms with Crippen LogP contribution in [0.3, 0.4) is 0 Å². The SMILES string of the molecule is c1csc(-c2cnc3cc[nH]n23)c1. The summed E-state index contributed by atoms with van der Waals surface area (Å²) in [4.78, 5) is 5.50. The zero-order valence-corrected chi connectivity index (χ0v) is 7.58. The lowest BCUT2D eigenvalue weighted by molar-refractivity contribution is 0.983. The van der Waals surface area contributed by atoms with Gasteiger partial charge in [0.05, 0.1) is 11.1 Å². The molecule has 0 unspecified atom stereocenters. The van der Waals surface area contributed by atoms with E-state index in [0.717, 1.165) is 11.3 Å². The average Bonchev–Trinajstić information content (AvgIpc) is 2.79. The van der Waals surface area contributed by atoms with Crippen molar-refractivity contribution in [2.24, 2.45) is 0 Å². The molecule has 0 fully saturated rings. The zero-order chi connectivity index (χ0) is 8.67. The predicted octanol–water partition coefficient (Wildman–Crippen LogP) is 2.39. The molecular weight excluding hydrogens is 182 g/mol. The topological polar surface area (TPSA) is 33.1 Å². The number of fused-ring (bicyclic) bond motifs is 1. The van der Waals surface area contributed by atoms with Gasteiger partial charge in [-0.25, -0.2) is 9.50 Å². The molecule has 3 nitrogen and oxygen atoms in total. The van der Waals surface area contributed by atoms with Gasteiger partial charge >= 0.3 is 0 Å². The summed E-state index contributed by atoms with van der Waals surface area (Å²) in [5, 5.41) is 5.18. The molecular formula is C9H7N3S. The summed E-state index contributed by atoms with van der Waals surface area (Å²) in [5.41, 5.74) is 2.08. The Morgan fingerprint density at radius 2 is 2.38 bits per heavy atom. The van der Waals surface area contributed by atoms with E-state index in [1.165, 1.54) is 4.88 Å². The van der Waals surface area contributed by atoms with E-state index in [-0.39, 0.29) is 0 Å². The first kappa shape index (κ1) is 6.91. The molecule has 0 spiro atoms. The van der Waals surface area contributed by atoms with Gasteiger partial charge in [-0.1, -0.05) is 6.07 Å². The molecule has 3 rings (SSSR count). The van der Waals surface area contributed by atoms with Gasteiger partial charge in [0.15, 0.2) is 5.65 Å². The Kier molecular flexibility index (Phi) is 1.31. The lowest BCUT2D eigenvalue weighted by atomic mass is 10.4. The average molecular weight is 189 g/mol. The third kappa shape index (κ3) is 0.922. The summed E-state index contributed by atoms with van der Waals surface area (Å²) in [6.07, 6.45) is 3.77. The number of aromatic nitrogens is 3. The summed E-state index contributed by atoms with van der Waals surface area (Å²) < 4.78 is 1.98. The normalized spacial score (nSPS) is 11.1. The zero-order valence-electron chi connectivity index (χ0n) is 6.77. The highest BCUT2D eigenvalue weighted by atomic mass is 32.1. The summed E-state index contributed by atoms with van der Waals surface area (Å²) in [6.45, 7) is 0.